The molecule has 1 aromatic heterocycles. The van der Waals surface area contributed by atoms with Gasteiger partial charge >= 0.3 is 0 Å². The number of nitriles is 1. The van der Waals surface area contributed by atoms with Crippen LogP contribution in [0.15, 0.2) is 118 Å². The molecule has 0 saturated carbocycles. The van der Waals surface area contributed by atoms with Gasteiger partial charge in [0.2, 0.25) is 0 Å². The minimum Gasteiger partial charge on any atom is -0.494 e. The molecule has 1 atom stereocenters. The van der Waals surface area contributed by atoms with Gasteiger partial charge in [-0.1, -0.05) is 59.9 Å². The van der Waals surface area contributed by atoms with Crippen LogP contribution in [0.2, 0.25) is 0 Å². The fourth-order valence-corrected chi connectivity index (χ4v) is 6.60. The first-order valence-corrected chi connectivity index (χ1v) is 16.7. The number of fused-ring (bicyclic) bond motifs is 1. The molecule has 1 aliphatic heterocycles. The summed E-state index contributed by atoms with van der Waals surface area (Å²) >= 11 is 1.26. The van der Waals surface area contributed by atoms with Gasteiger partial charge in [-0.25, -0.2) is 4.99 Å². The van der Waals surface area contributed by atoms with Crippen molar-refractivity contribution < 1.29 is 19.0 Å². The van der Waals surface area contributed by atoms with Crippen molar-refractivity contribution >= 4 is 29.0 Å². The van der Waals surface area contributed by atoms with Crippen LogP contribution in [0.4, 0.5) is 5.69 Å². The van der Waals surface area contributed by atoms with E-state index in [1.807, 2.05) is 98.8 Å². The summed E-state index contributed by atoms with van der Waals surface area (Å²) in [6.07, 6.45) is 1.80. The van der Waals surface area contributed by atoms with Gasteiger partial charge in [0.05, 0.1) is 46.7 Å². The molecule has 10 heteroatoms. The highest BCUT2D eigenvalue weighted by molar-refractivity contribution is 7.07. The fraction of sp³-hybridized carbons (Fsp3) is 0.179. The van der Waals surface area contributed by atoms with E-state index in [0.29, 0.717) is 68.9 Å². The lowest BCUT2D eigenvalue weighted by molar-refractivity contribution is -0.113. The number of benzene rings is 4. The number of allylic oxidation sites excluding steroid dienone is 1. The van der Waals surface area contributed by atoms with E-state index in [1.165, 1.54) is 11.3 Å². The van der Waals surface area contributed by atoms with Crippen LogP contribution in [0.5, 0.6) is 17.2 Å². The van der Waals surface area contributed by atoms with E-state index in [-0.39, 0.29) is 11.5 Å². The number of rotatable bonds is 11. The number of hydrogen-bond acceptors (Lipinski definition) is 8. The molecule has 0 fully saturated rings. The van der Waals surface area contributed by atoms with Crippen LogP contribution >= 0.6 is 11.3 Å². The van der Waals surface area contributed by atoms with E-state index in [2.05, 4.69) is 11.4 Å². The Hall–Kier alpha value is -5.92. The number of amides is 1. The number of hydrogen-bond donors (Lipinski definition) is 1. The topological polar surface area (TPSA) is 115 Å². The van der Waals surface area contributed by atoms with Crippen molar-refractivity contribution in [2.45, 2.75) is 33.4 Å². The molecular formula is C39H34N4O5S. The quantitative estimate of drug-likeness (QED) is 0.181. The number of ether oxygens (including phenoxy) is 3. The lowest BCUT2D eigenvalue weighted by Gasteiger charge is -2.25. The molecule has 0 bridgehead atoms. The van der Waals surface area contributed by atoms with Gasteiger partial charge in [-0.2, -0.15) is 5.26 Å². The maximum atomic E-state index is 14.2. The van der Waals surface area contributed by atoms with Crippen LogP contribution in [-0.2, 0) is 11.4 Å². The molecule has 49 heavy (non-hydrogen) atoms. The van der Waals surface area contributed by atoms with Crippen LogP contribution in [-0.4, -0.2) is 23.7 Å². The van der Waals surface area contributed by atoms with Crippen LogP contribution in [0.3, 0.4) is 0 Å². The summed E-state index contributed by atoms with van der Waals surface area (Å²) in [6.45, 7) is 6.85. The van der Waals surface area contributed by atoms with E-state index in [4.69, 9.17) is 24.5 Å². The fourth-order valence-electron chi connectivity index (χ4n) is 5.55. The molecule has 9 nitrogen and oxygen atoms in total. The Morgan fingerprint density at radius 2 is 1.67 bits per heavy atom. The highest BCUT2D eigenvalue weighted by atomic mass is 32.1. The molecule has 0 spiro atoms. The minimum absolute atomic E-state index is 0.265. The normalized spacial score (nSPS) is 14.0. The van der Waals surface area contributed by atoms with Crippen molar-refractivity contribution in [2.75, 3.05) is 18.5 Å². The van der Waals surface area contributed by atoms with Gasteiger partial charge in [0.1, 0.15) is 12.4 Å². The molecule has 1 amide bonds. The first-order chi connectivity index (χ1) is 23.9. The van der Waals surface area contributed by atoms with Crippen LogP contribution in [0, 0.1) is 11.3 Å². The summed E-state index contributed by atoms with van der Waals surface area (Å²) < 4.78 is 19.7. The van der Waals surface area contributed by atoms with Gasteiger partial charge in [0.15, 0.2) is 16.3 Å². The van der Waals surface area contributed by atoms with Gasteiger partial charge in [-0.3, -0.25) is 14.2 Å². The maximum absolute atomic E-state index is 14.2. The zero-order valence-electron chi connectivity index (χ0n) is 27.3. The van der Waals surface area contributed by atoms with Crippen molar-refractivity contribution in [1.82, 2.24) is 4.57 Å². The Labute approximate surface area is 287 Å². The summed E-state index contributed by atoms with van der Waals surface area (Å²) in [5, 5.41) is 12.0. The predicted octanol–water partition coefficient (Wildman–Crippen LogP) is 6.12. The Morgan fingerprint density at radius 3 is 2.37 bits per heavy atom. The Balaban J connectivity index is 1.37. The average molecular weight is 671 g/mol. The highest BCUT2D eigenvalue weighted by Crippen LogP contribution is 2.32. The second-order valence-electron chi connectivity index (χ2n) is 11.1. The second-order valence-corrected chi connectivity index (χ2v) is 12.1. The smallest absolute Gasteiger partial charge is 0.271 e. The molecule has 4 aromatic carbocycles. The molecule has 6 rings (SSSR count). The average Bonchev–Trinajstić information content (AvgIpc) is 3.42. The molecule has 1 aliphatic rings. The lowest BCUT2D eigenvalue weighted by Crippen LogP contribution is -2.40. The van der Waals surface area contributed by atoms with Crippen LogP contribution < -0.4 is 34.4 Å². The number of aromatic nitrogens is 1. The Kier molecular flexibility index (Phi) is 10.0. The van der Waals surface area contributed by atoms with Crippen molar-refractivity contribution in [1.29, 1.82) is 5.26 Å². The van der Waals surface area contributed by atoms with Crippen molar-refractivity contribution in [2.24, 2.45) is 4.99 Å². The largest absolute Gasteiger partial charge is 0.494 e. The van der Waals surface area contributed by atoms with Crippen molar-refractivity contribution in [3.63, 3.8) is 0 Å². The SMILES string of the molecule is CCOc1ccc([C@H]2C(C(=O)Nc3ccccc3)=C(C)N=c3s/c(=C\c4ccc(OCc5ccc(C#N)cc5)c(OCC)c4)c(=O)n32)cc1. The summed E-state index contributed by atoms with van der Waals surface area (Å²) in [5.74, 6) is 1.47. The molecule has 2 heterocycles. The minimum atomic E-state index is -0.713. The molecular weight excluding hydrogens is 637 g/mol. The van der Waals surface area contributed by atoms with Gasteiger partial charge < -0.3 is 19.5 Å². The third kappa shape index (κ3) is 7.32. The number of para-hydroxylation sites is 1. The first kappa shape index (κ1) is 33.0. The van der Waals surface area contributed by atoms with E-state index >= 15 is 0 Å². The third-order valence-electron chi connectivity index (χ3n) is 7.85. The molecule has 0 radical (unpaired) electrons. The van der Waals surface area contributed by atoms with Crippen LogP contribution in [0.1, 0.15) is 49.1 Å². The predicted molar refractivity (Wildman–Crippen MR) is 190 cm³/mol. The van der Waals surface area contributed by atoms with Gasteiger partial charge in [-0.15, -0.1) is 0 Å². The van der Waals surface area contributed by atoms with E-state index < -0.39 is 6.04 Å². The second kappa shape index (κ2) is 14.9. The molecule has 1 N–H and O–H groups in total. The van der Waals surface area contributed by atoms with Gasteiger partial charge in [-0.05, 0) is 92.1 Å². The van der Waals surface area contributed by atoms with Gasteiger partial charge in [0, 0.05) is 5.69 Å². The number of thiazole rings is 1. The van der Waals surface area contributed by atoms with Crippen molar-refractivity contribution in [3.05, 3.63) is 150 Å². The first-order valence-electron chi connectivity index (χ1n) is 15.9. The summed E-state index contributed by atoms with van der Waals surface area (Å²) in [5.41, 5.74) is 4.30. The zero-order valence-corrected chi connectivity index (χ0v) is 28.1. The van der Waals surface area contributed by atoms with E-state index in [0.717, 1.165) is 16.7 Å². The maximum Gasteiger partial charge on any atom is 0.271 e. The van der Waals surface area contributed by atoms with Crippen LogP contribution in [0.25, 0.3) is 6.08 Å². The zero-order chi connectivity index (χ0) is 34.3. The number of anilines is 1. The summed E-state index contributed by atoms with van der Waals surface area (Å²) in [7, 11) is 0. The monoisotopic (exact) mass is 670 g/mol. The van der Waals surface area contributed by atoms with E-state index in [1.54, 1.807) is 29.7 Å². The molecule has 5 aromatic rings. The number of nitrogens with one attached hydrogen (secondary N) is 1. The number of carbonyl (C=O) groups excluding carboxylic acids is 1. The Bertz CT molecular complexity index is 2230. The number of carbonyl (C=O) groups is 1. The molecule has 0 aliphatic carbocycles. The molecule has 0 unspecified atom stereocenters. The highest BCUT2D eigenvalue weighted by Gasteiger charge is 2.32. The van der Waals surface area contributed by atoms with Gasteiger partial charge in [0.25, 0.3) is 11.5 Å². The molecule has 0 saturated heterocycles. The summed E-state index contributed by atoms with van der Waals surface area (Å²) in [6, 6.07) is 30.8. The lowest BCUT2D eigenvalue weighted by atomic mass is 9.95. The van der Waals surface area contributed by atoms with E-state index in [9.17, 15) is 9.59 Å². The third-order valence-corrected chi connectivity index (χ3v) is 8.83. The summed E-state index contributed by atoms with van der Waals surface area (Å²) in [4.78, 5) is 33.3. The molecule has 246 valence electrons. The standard InChI is InChI=1S/C39H34N4O5S/c1-4-46-31-18-16-29(17-19-31)36-35(37(44)42-30-9-7-6-8-10-30)25(3)41-39-43(36)38(45)34(49-39)22-28-15-20-32(33(21-28)47-5-2)48-24-27-13-11-26(23-40)12-14-27/h6-22,36H,4-5,24H2,1-3H3,(H,42,44)/b34-22-/t36-/m0/s1. The Morgan fingerprint density at radius 1 is 0.939 bits per heavy atom. The van der Waals surface area contributed by atoms with Crippen molar-refractivity contribution in [3.8, 4) is 23.3 Å². The number of nitrogens with zero attached hydrogens (tertiary/aromatic N) is 3.